The van der Waals surface area contributed by atoms with E-state index in [0.717, 1.165) is 0 Å². The molecule has 6 nitrogen and oxygen atoms in total. The summed E-state index contributed by atoms with van der Waals surface area (Å²) in [4.78, 5) is 25.6. The standard InChI is InChI=1S/C22H21ClN2O4S/c1-3-28-18-10-8-15(13-19(18)29-4-2)24-21(26)14-7-9-16(23)17(12-14)25-22(27)20-6-5-11-30-20/h5-13H,3-4H2,1-2H3,(H,24,26)(H,25,27). The number of carbonyl (C=O) groups is 2. The molecule has 8 heteroatoms. The van der Waals surface area contributed by atoms with Crippen LogP contribution >= 0.6 is 22.9 Å². The third kappa shape index (κ3) is 5.31. The van der Waals surface area contributed by atoms with Gasteiger partial charge in [0.05, 0.1) is 28.8 Å². The van der Waals surface area contributed by atoms with Gasteiger partial charge in [-0.15, -0.1) is 11.3 Å². The minimum Gasteiger partial charge on any atom is -0.490 e. The molecule has 0 atom stereocenters. The Labute approximate surface area is 183 Å². The van der Waals surface area contributed by atoms with Crippen molar-refractivity contribution in [3.63, 3.8) is 0 Å². The maximum absolute atomic E-state index is 12.7. The van der Waals surface area contributed by atoms with Crippen LogP contribution in [0, 0.1) is 0 Å². The summed E-state index contributed by atoms with van der Waals surface area (Å²) in [7, 11) is 0. The monoisotopic (exact) mass is 444 g/mol. The molecule has 1 heterocycles. The van der Waals surface area contributed by atoms with E-state index in [1.165, 1.54) is 11.3 Å². The molecule has 0 saturated carbocycles. The van der Waals surface area contributed by atoms with E-state index in [9.17, 15) is 9.59 Å². The number of hydrogen-bond donors (Lipinski definition) is 2. The number of ether oxygens (including phenoxy) is 2. The van der Waals surface area contributed by atoms with Crippen LogP contribution < -0.4 is 20.1 Å². The molecule has 0 spiro atoms. The van der Waals surface area contributed by atoms with Crippen LogP contribution in [0.2, 0.25) is 5.02 Å². The second-order valence-electron chi connectivity index (χ2n) is 6.11. The van der Waals surface area contributed by atoms with Gasteiger partial charge in [0.25, 0.3) is 11.8 Å². The normalized spacial score (nSPS) is 10.4. The van der Waals surface area contributed by atoms with Gasteiger partial charge in [0, 0.05) is 17.3 Å². The molecule has 0 saturated heterocycles. The van der Waals surface area contributed by atoms with Gasteiger partial charge in [0.15, 0.2) is 11.5 Å². The summed E-state index contributed by atoms with van der Waals surface area (Å²) in [6, 6.07) is 13.4. The molecule has 2 aromatic carbocycles. The van der Waals surface area contributed by atoms with E-state index in [1.54, 1.807) is 48.5 Å². The van der Waals surface area contributed by atoms with Crippen LogP contribution in [0.1, 0.15) is 33.9 Å². The lowest BCUT2D eigenvalue weighted by atomic mass is 10.1. The number of amides is 2. The van der Waals surface area contributed by atoms with Crippen LogP contribution in [0.25, 0.3) is 0 Å². The Morgan fingerprint density at radius 2 is 1.70 bits per heavy atom. The van der Waals surface area contributed by atoms with Gasteiger partial charge in [-0.3, -0.25) is 9.59 Å². The highest BCUT2D eigenvalue weighted by atomic mass is 35.5. The zero-order chi connectivity index (χ0) is 21.5. The van der Waals surface area contributed by atoms with Gasteiger partial charge in [-0.25, -0.2) is 0 Å². The maximum Gasteiger partial charge on any atom is 0.265 e. The number of hydrogen-bond acceptors (Lipinski definition) is 5. The number of carbonyl (C=O) groups excluding carboxylic acids is 2. The summed E-state index contributed by atoms with van der Waals surface area (Å²) in [5.41, 5.74) is 1.28. The second kappa shape index (κ2) is 10.1. The summed E-state index contributed by atoms with van der Waals surface area (Å²) in [6.45, 7) is 4.75. The van der Waals surface area contributed by atoms with E-state index in [-0.39, 0.29) is 11.8 Å². The maximum atomic E-state index is 12.7. The van der Waals surface area contributed by atoms with E-state index in [4.69, 9.17) is 21.1 Å². The Kier molecular flexibility index (Phi) is 7.32. The highest BCUT2D eigenvalue weighted by Gasteiger charge is 2.14. The van der Waals surface area contributed by atoms with Gasteiger partial charge in [0.1, 0.15) is 0 Å². The molecule has 0 aliphatic carbocycles. The molecule has 0 unspecified atom stereocenters. The average molecular weight is 445 g/mol. The van der Waals surface area contributed by atoms with Gasteiger partial charge >= 0.3 is 0 Å². The zero-order valence-electron chi connectivity index (χ0n) is 16.5. The fraction of sp³-hybridized carbons (Fsp3) is 0.182. The largest absolute Gasteiger partial charge is 0.490 e. The molecule has 1 aromatic heterocycles. The highest BCUT2D eigenvalue weighted by Crippen LogP contribution is 2.31. The van der Waals surface area contributed by atoms with Gasteiger partial charge in [-0.1, -0.05) is 17.7 Å². The van der Waals surface area contributed by atoms with Crippen molar-refractivity contribution in [1.29, 1.82) is 0 Å². The minimum atomic E-state index is -0.343. The van der Waals surface area contributed by atoms with Gasteiger partial charge in [0.2, 0.25) is 0 Å². The Morgan fingerprint density at radius 1 is 0.933 bits per heavy atom. The molecule has 3 rings (SSSR count). The first-order valence-electron chi connectivity index (χ1n) is 9.37. The molecule has 3 aromatic rings. The SMILES string of the molecule is CCOc1ccc(NC(=O)c2ccc(Cl)c(NC(=O)c3cccs3)c2)cc1OCC. The van der Waals surface area contributed by atoms with E-state index in [0.29, 0.717) is 51.6 Å². The fourth-order valence-corrected chi connectivity index (χ4v) is 3.47. The highest BCUT2D eigenvalue weighted by molar-refractivity contribution is 7.12. The molecular formula is C22H21ClN2O4S. The van der Waals surface area contributed by atoms with Crippen LogP contribution in [0.3, 0.4) is 0 Å². The summed E-state index contributed by atoms with van der Waals surface area (Å²) in [5.74, 6) is 0.543. The number of thiophene rings is 1. The minimum absolute atomic E-state index is 0.280. The first-order valence-corrected chi connectivity index (χ1v) is 10.6. The fourth-order valence-electron chi connectivity index (χ4n) is 2.69. The molecule has 2 amide bonds. The van der Waals surface area contributed by atoms with Crippen molar-refractivity contribution in [1.82, 2.24) is 0 Å². The van der Waals surface area contributed by atoms with E-state index in [1.807, 2.05) is 19.2 Å². The van der Waals surface area contributed by atoms with Crippen LogP contribution in [-0.2, 0) is 0 Å². The van der Waals surface area contributed by atoms with Crippen molar-refractivity contribution in [3.8, 4) is 11.5 Å². The van der Waals surface area contributed by atoms with Gasteiger partial charge in [-0.2, -0.15) is 0 Å². The van der Waals surface area contributed by atoms with Crippen molar-refractivity contribution < 1.29 is 19.1 Å². The summed E-state index contributed by atoms with van der Waals surface area (Å²) >= 11 is 7.52. The van der Waals surface area contributed by atoms with Crippen molar-refractivity contribution >= 4 is 46.1 Å². The topological polar surface area (TPSA) is 76.7 Å². The summed E-state index contributed by atoms with van der Waals surface area (Å²) < 4.78 is 11.1. The van der Waals surface area contributed by atoms with Crippen molar-refractivity contribution in [2.75, 3.05) is 23.8 Å². The number of rotatable bonds is 8. The smallest absolute Gasteiger partial charge is 0.265 e. The Morgan fingerprint density at radius 3 is 2.40 bits per heavy atom. The molecule has 0 bridgehead atoms. The van der Waals surface area contributed by atoms with E-state index in [2.05, 4.69) is 10.6 Å². The van der Waals surface area contributed by atoms with E-state index >= 15 is 0 Å². The predicted molar refractivity (Wildman–Crippen MR) is 120 cm³/mol. The Hall–Kier alpha value is -3.03. The summed E-state index contributed by atoms with van der Waals surface area (Å²) in [5, 5.41) is 7.72. The molecule has 156 valence electrons. The van der Waals surface area contributed by atoms with E-state index < -0.39 is 0 Å². The van der Waals surface area contributed by atoms with Crippen LogP contribution in [0.5, 0.6) is 11.5 Å². The predicted octanol–water partition coefficient (Wildman–Crippen LogP) is 5.70. The lowest BCUT2D eigenvalue weighted by molar-refractivity contribution is 0.101. The van der Waals surface area contributed by atoms with Crippen LogP contribution in [0.4, 0.5) is 11.4 Å². The Balaban J connectivity index is 1.77. The van der Waals surface area contributed by atoms with Gasteiger partial charge in [-0.05, 0) is 55.6 Å². The average Bonchev–Trinajstić information content (AvgIpc) is 3.27. The lowest BCUT2D eigenvalue weighted by Crippen LogP contribution is -2.14. The number of nitrogens with one attached hydrogen (secondary N) is 2. The third-order valence-corrected chi connectivity index (χ3v) is 5.22. The number of anilines is 2. The molecule has 2 N–H and O–H groups in total. The first kappa shape index (κ1) is 21.7. The first-order chi connectivity index (χ1) is 14.5. The Bertz CT molecular complexity index is 1040. The molecule has 0 aliphatic heterocycles. The summed E-state index contributed by atoms with van der Waals surface area (Å²) in [6.07, 6.45) is 0. The second-order valence-corrected chi connectivity index (χ2v) is 7.46. The third-order valence-electron chi connectivity index (χ3n) is 4.02. The zero-order valence-corrected chi connectivity index (χ0v) is 18.1. The van der Waals surface area contributed by atoms with Crippen molar-refractivity contribution in [2.45, 2.75) is 13.8 Å². The molecule has 30 heavy (non-hydrogen) atoms. The number of halogens is 1. The molecular weight excluding hydrogens is 424 g/mol. The molecule has 0 fully saturated rings. The number of benzene rings is 2. The van der Waals surface area contributed by atoms with Gasteiger partial charge < -0.3 is 20.1 Å². The van der Waals surface area contributed by atoms with Crippen LogP contribution in [0.15, 0.2) is 53.9 Å². The van der Waals surface area contributed by atoms with Crippen molar-refractivity contribution in [3.05, 3.63) is 69.4 Å². The molecule has 0 aliphatic rings. The van der Waals surface area contributed by atoms with Crippen molar-refractivity contribution in [2.24, 2.45) is 0 Å². The lowest BCUT2D eigenvalue weighted by Gasteiger charge is -2.13. The van der Waals surface area contributed by atoms with Crippen LogP contribution in [-0.4, -0.2) is 25.0 Å². The quantitative estimate of drug-likeness (QED) is 0.467. The molecule has 0 radical (unpaired) electrons.